The topological polar surface area (TPSA) is 37.3 Å². The van der Waals surface area contributed by atoms with E-state index in [0.29, 0.717) is 6.42 Å². The van der Waals surface area contributed by atoms with Crippen molar-refractivity contribution in [3.63, 3.8) is 0 Å². The van der Waals surface area contributed by atoms with Crippen LogP contribution in [0.4, 0.5) is 0 Å². The summed E-state index contributed by atoms with van der Waals surface area (Å²) in [6.45, 7) is 1.98. The first-order valence-corrected chi connectivity index (χ1v) is 2.49. The predicted octanol–water partition coefficient (Wildman–Crippen LogP) is 0.613. The molecular formula is C5H11CsO2. The summed E-state index contributed by atoms with van der Waals surface area (Å²) in [6.07, 6.45) is 2.08. The summed E-state index contributed by atoms with van der Waals surface area (Å²) in [4.78, 5) is 9.76. The predicted molar refractivity (Wildman–Crippen MR) is 34.3 cm³/mol. The number of carboxylic acids is 1. The van der Waals surface area contributed by atoms with E-state index in [1.165, 1.54) is 0 Å². The minimum atomic E-state index is -0.693. The Morgan fingerprint density at radius 2 is 2.12 bits per heavy atom. The summed E-state index contributed by atoms with van der Waals surface area (Å²) >= 11 is 0. The molecule has 0 aromatic carbocycles. The van der Waals surface area contributed by atoms with Gasteiger partial charge in [-0.1, -0.05) is 13.3 Å². The molecule has 0 amide bonds. The van der Waals surface area contributed by atoms with Gasteiger partial charge in [-0.25, -0.2) is 0 Å². The van der Waals surface area contributed by atoms with Gasteiger partial charge in [-0.15, -0.1) is 0 Å². The molecule has 0 aliphatic rings. The van der Waals surface area contributed by atoms with Gasteiger partial charge >= 0.3 is 74.9 Å². The Morgan fingerprint density at radius 3 is 2.25 bits per heavy atom. The van der Waals surface area contributed by atoms with E-state index in [1.807, 2.05) is 6.92 Å². The summed E-state index contributed by atoms with van der Waals surface area (Å²) in [5.74, 6) is -0.693. The Morgan fingerprint density at radius 1 is 1.62 bits per heavy atom. The van der Waals surface area contributed by atoms with Gasteiger partial charge in [0.1, 0.15) is 0 Å². The van der Waals surface area contributed by atoms with Crippen molar-refractivity contribution in [2.45, 2.75) is 26.2 Å². The minimum absolute atomic E-state index is 0. The van der Waals surface area contributed by atoms with E-state index in [0.717, 1.165) is 12.8 Å². The summed E-state index contributed by atoms with van der Waals surface area (Å²) in [7, 11) is 0. The quantitative estimate of drug-likeness (QED) is 0.779. The second kappa shape index (κ2) is 8.52. The van der Waals surface area contributed by atoms with E-state index < -0.39 is 5.97 Å². The van der Waals surface area contributed by atoms with Gasteiger partial charge in [0.25, 0.3) is 0 Å². The van der Waals surface area contributed by atoms with Crippen molar-refractivity contribution < 1.29 is 9.90 Å². The van der Waals surface area contributed by atoms with Crippen LogP contribution in [0.1, 0.15) is 26.2 Å². The van der Waals surface area contributed by atoms with Crippen LogP contribution in [0.3, 0.4) is 0 Å². The molecule has 0 spiro atoms. The van der Waals surface area contributed by atoms with E-state index in [9.17, 15) is 4.79 Å². The summed E-state index contributed by atoms with van der Waals surface area (Å²) in [5, 5.41) is 8.04. The van der Waals surface area contributed by atoms with Crippen molar-refractivity contribution in [1.82, 2.24) is 0 Å². The molecule has 2 nitrogen and oxygen atoms in total. The maximum absolute atomic E-state index is 9.76. The number of hydrogen-bond donors (Lipinski definition) is 1. The van der Waals surface area contributed by atoms with Crippen LogP contribution in [-0.4, -0.2) is 80.0 Å². The van der Waals surface area contributed by atoms with Crippen LogP contribution in [0.15, 0.2) is 0 Å². The second-order valence-electron chi connectivity index (χ2n) is 1.50. The third-order valence-corrected chi connectivity index (χ3v) is 0.744. The molecule has 0 fully saturated rings. The van der Waals surface area contributed by atoms with E-state index >= 15 is 0 Å². The molecule has 8 heavy (non-hydrogen) atoms. The standard InChI is InChI=1S/C5H10O2.Cs.H/c1-2-3-4-5(6)7;;/h2-4H2,1H3,(H,6,7);;. The molecule has 0 aromatic rings. The molecule has 0 aliphatic carbocycles. The van der Waals surface area contributed by atoms with Crippen LogP contribution in [0.2, 0.25) is 0 Å². The summed E-state index contributed by atoms with van der Waals surface area (Å²) in [6, 6.07) is 0. The monoisotopic (exact) mass is 236 g/mol. The first-order valence-electron chi connectivity index (χ1n) is 2.49. The van der Waals surface area contributed by atoms with Crippen LogP contribution >= 0.6 is 0 Å². The van der Waals surface area contributed by atoms with Crippen molar-refractivity contribution >= 4 is 74.9 Å². The molecule has 0 aliphatic heterocycles. The van der Waals surface area contributed by atoms with Gasteiger partial charge < -0.3 is 5.11 Å². The second-order valence-corrected chi connectivity index (χ2v) is 1.50. The fraction of sp³-hybridized carbons (Fsp3) is 0.800. The molecule has 0 aromatic heterocycles. The summed E-state index contributed by atoms with van der Waals surface area (Å²) < 4.78 is 0. The molecule has 3 heteroatoms. The molecule has 0 heterocycles. The number of unbranched alkanes of at least 4 members (excludes halogenated alkanes) is 1. The van der Waals surface area contributed by atoms with E-state index in [-0.39, 0.29) is 68.9 Å². The van der Waals surface area contributed by atoms with Crippen LogP contribution in [-0.2, 0) is 4.79 Å². The van der Waals surface area contributed by atoms with Gasteiger partial charge in [0, 0.05) is 6.42 Å². The molecule has 0 saturated heterocycles. The van der Waals surface area contributed by atoms with Crippen LogP contribution < -0.4 is 0 Å². The molecule has 0 saturated carbocycles. The third kappa shape index (κ3) is 10.5. The SMILES string of the molecule is CCCCC(=O)O.[CsH]. The van der Waals surface area contributed by atoms with Crippen molar-refractivity contribution in [3.8, 4) is 0 Å². The molecule has 0 radical (unpaired) electrons. The molecule has 0 rings (SSSR count). The fourth-order valence-corrected chi connectivity index (χ4v) is 0.328. The van der Waals surface area contributed by atoms with Gasteiger partial charge in [-0.05, 0) is 6.42 Å². The Balaban J connectivity index is 0. The van der Waals surface area contributed by atoms with Crippen LogP contribution in [0.25, 0.3) is 0 Å². The Bertz CT molecular complexity index is 63.4. The first-order chi connectivity index (χ1) is 3.27. The Labute approximate surface area is 108 Å². The zero-order valence-corrected chi connectivity index (χ0v) is 4.48. The summed E-state index contributed by atoms with van der Waals surface area (Å²) in [5.41, 5.74) is 0. The Kier molecular flexibility index (Phi) is 13.0. The fourth-order valence-electron chi connectivity index (χ4n) is 0.328. The van der Waals surface area contributed by atoms with Gasteiger partial charge in [-0.3, -0.25) is 4.79 Å². The molecule has 0 unspecified atom stereocenters. The average molecular weight is 236 g/mol. The van der Waals surface area contributed by atoms with Gasteiger partial charge in [0.2, 0.25) is 0 Å². The van der Waals surface area contributed by atoms with Crippen molar-refractivity contribution in [2.75, 3.05) is 0 Å². The molecule has 44 valence electrons. The van der Waals surface area contributed by atoms with E-state index in [1.54, 1.807) is 0 Å². The molecular weight excluding hydrogens is 225 g/mol. The molecule has 1 N–H and O–H groups in total. The van der Waals surface area contributed by atoms with Crippen LogP contribution in [0.5, 0.6) is 0 Å². The molecule has 0 atom stereocenters. The van der Waals surface area contributed by atoms with Gasteiger partial charge in [0.15, 0.2) is 0 Å². The van der Waals surface area contributed by atoms with E-state index in [2.05, 4.69) is 0 Å². The van der Waals surface area contributed by atoms with Crippen molar-refractivity contribution in [2.24, 2.45) is 0 Å². The van der Waals surface area contributed by atoms with E-state index in [4.69, 9.17) is 5.11 Å². The van der Waals surface area contributed by atoms with Crippen LogP contribution in [0, 0.1) is 0 Å². The number of rotatable bonds is 3. The Hall–Kier alpha value is 1.52. The number of carboxylic acid groups (broad SMARTS) is 1. The zero-order chi connectivity index (χ0) is 5.70. The van der Waals surface area contributed by atoms with Crippen molar-refractivity contribution in [3.05, 3.63) is 0 Å². The first kappa shape index (κ1) is 12.2. The zero-order valence-electron chi connectivity index (χ0n) is 4.48. The number of aliphatic carboxylic acids is 1. The van der Waals surface area contributed by atoms with Crippen molar-refractivity contribution in [1.29, 1.82) is 0 Å². The molecule has 0 bridgehead atoms. The normalized spacial score (nSPS) is 7.62. The van der Waals surface area contributed by atoms with Gasteiger partial charge in [-0.2, -0.15) is 0 Å². The van der Waals surface area contributed by atoms with Gasteiger partial charge in [0.05, 0.1) is 0 Å². The average Bonchev–Trinajstić information content (AvgIpc) is 1.61. The maximum atomic E-state index is 9.76. The third-order valence-electron chi connectivity index (χ3n) is 0.744. The number of hydrogen-bond acceptors (Lipinski definition) is 1. The number of carbonyl (C=O) groups is 1.